The van der Waals surface area contributed by atoms with Crippen molar-refractivity contribution in [1.82, 2.24) is 0 Å². The summed E-state index contributed by atoms with van der Waals surface area (Å²) in [5.41, 5.74) is 0. The average molecular weight is 543 g/mol. The minimum Gasteiger partial charge on any atom is -0.417 e. The number of hydrogen-bond donors (Lipinski definition) is 0. The highest BCUT2D eigenvalue weighted by molar-refractivity contribution is 6.90. The Morgan fingerprint density at radius 2 is 0.625 bits per heavy atom. The van der Waals surface area contributed by atoms with Gasteiger partial charge in [-0.15, -0.1) is 0 Å². The lowest BCUT2D eigenvalue weighted by Crippen LogP contribution is -2.60. The van der Waals surface area contributed by atoms with Gasteiger partial charge in [0.15, 0.2) is 25.0 Å². The summed E-state index contributed by atoms with van der Waals surface area (Å²) < 4.78 is 36.8. The summed E-state index contributed by atoms with van der Waals surface area (Å²) >= 11 is 0. The van der Waals surface area contributed by atoms with Gasteiger partial charge < -0.3 is 25.6 Å². The van der Waals surface area contributed by atoms with Crippen LogP contribution >= 0.6 is 0 Å². The molecule has 0 rings (SSSR count). The second kappa shape index (κ2) is 14.4. The Bertz CT molecular complexity index is 449. The fraction of sp³-hybridized carbons (Fsp3) is 1.00. The van der Waals surface area contributed by atoms with E-state index in [2.05, 4.69) is 58.9 Å². The van der Waals surface area contributed by atoms with E-state index in [1.165, 1.54) is 32.1 Å². The van der Waals surface area contributed by atoms with Gasteiger partial charge in [0.2, 0.25) is 0 Å². The highest BCUT2D eigenvalue weighted by Crippen LogP contribution is 2.30. The molecule has 6 nitrogen and oxygen atoms in total. The quantitative estimate of drug-likeness (QED) is 0.128. The van der Waals surface area contributed by atoms with Crippen LogP contribution in [0.25, 0.3) is 0 Å². The van der Waals surface area contributed by atoms with Crippen LogP contribution in [0.5, 0.6) is 0 Å². The fourth-order valence-corrected chi connectivity index (χ4v) is 20.3. The van der Waals surface area contributed by atoms with Gasteiger partial charge in [-0.2, -0.15) is 0 Å². The molecular formula is C21H54O6Si5. The van der Waals surface area contributed by atoms with E-state index >= 15 is 0 Å². The first kappa shape index (κ1) is 32.8. The van der Waals surface area contributed by atoms with E-state index in [1.807, 2.05) is 0 Å². The molecule has 0 unspecified atom stereocenters. The van der Waals surface area contributed by atoms with Gasteiger partial charge in [-0.05, 0) is 71.8 Å². The first-order valence-corrected chi connectivity index (χ1v) is 26.4. The monoisotopic (exact) mass is 542 g/mol. The van der Waals surface area contributed by atoms with Crippen molar-refractivity contribution in [3.05, 3.63) is 0 Å². The summed E-state index contributed by atoms with van der Waals surface area (Å²) in [6.07, 6.45) is 8.37. The van der Waals surface area contributed by atoms with Crippen LogP contribution in [-0.2, 0) is 25.6 Å². The van der Waals surface area contributed by atoms with E-state index in [4.69, 9.17) is 25.6 Å². The summed E-state index contributed by atoms with van der Waals surface area (Å²) in [6, 6.07) is 1.84. The molecule has 0 saturated carbocycles. The Balaban J connectivity index is 4.64. The van der Waals surface area contributed by atoms with Gasteiger partial charge in [-0.3, -0.25) is 0 Å². The van der Waals surface area contributed by atoms with Crippen LogP contribution in [0.2, 0.25) is 71.0 Å². The summed E-state index contributed by atoms with van der Waals surface area (Å²) in [5.74, 6) is 0. The molecule has 0 aromatic carbocycles. The Labute approximate surface area is 205 Å². The van der Waals surface area contributed by atoms with E-state index < -0.39 is 42.6 Å². The average Bonchev–Trinajstić information content (AvgIpc) is 2.59. The van der Waals surface area contributed by atoms with E-state index in [0.717, 1.165) is 24.9 Å². The molecule has 0 atom stereocenters. The van der Waals surface area contributed by atoms with Gasteiger partial charge in [0.05, 0.1) is 0 Å². The minimum absolute atomic E-state index is 0.890. The van der Waals surface area contributed by atoms with Crippen LogP contribution in [0.1, 0.15) is 44.9 Å². The maximum Gasteiger partial charge on any atom is 0.500 e. The molecule has 0 N–H and O–H groups in total. The zero-order valence-corrected chi connectivity index (χ0v) is 28.3. The molecule has 0 heterocycles. The number of rotatable bonds is 19. The van der Waals surface area contributed by atoms with Crippen molar-refractivity contribution in [2.24, 2.45) is 0 Å². The highest BCUT2D eigenvalue weighted by atomic mass is 28.5. The topological polar surface area (TPSA) is 55.4 Å². The van der Waals surface area contributed by atoms with Gasteiger partial charge in [0.25, 0.3) is 0 Å². The van der Waals surface area contributed by atoms with Gasteiger partial charge >= 0.3 is 17.6 Å². The third-order valence-corrected chi connectivity index (χ3v) is 19.7. The van der Waals surface area contributed by atoms with Crippen molar-refractivity contribution in [3.8, 4) is 0 Å². The lowest BCUT2D eigenvalue weighted by atomic mass is 10.1. The van der Waals surface area contributed by atoms with Crippen molar-refractivity contribution in [3.63, 3.8) is 0 Å². The molecule has 0 aliphatic carbocycles. The molecule has 0 bridgehead atoms. The van der Waals surface area contributed by atoms with E-state index in [-0.39, 0.29) is 0 Å². The van der Waals surface area contributed by atoms with Crippen molar-refractivity contribution < 1.29 is 25.6 Å². The molecule has 0 aromatic heterocycles. The van der Waals surface area contributed by atoms with Crippen LogP contribution < -0.4 is 0 Å². The van der Waals surface area contributed by atoms with Crippen LogP contribution in [-0.4, -0.2) is 63.9 Å². The third-order valence-electron chi connectivity index (χ3n) is 4.78. The highest BCUT2D eigenvalue weighted by Gasteiger charge is 2.49. The fourth-order valence-electron chi connectivity index (χ4n) is 3.74. The first-order chi connectivity index (χ1) is 14.5. The molecule has 0 amide bonds. The van der Waals surface area contributed by atoms with Crippen molar-refractivity contribution in [1.29, 1.82) is 0 Å². The lowest BCUT2D eigenvalue weighted by Gasteiger charge is -2.43. The van der Waals surface area contributed by atoms with Gasteiger partial charge in [0.1, 0.15) is 0 Å². The SMILES string of the molecule is CO[Si](CCCCCCCCC[Si](O[Si](C)(C)C)(O[Si](C)(C)C)O[Si](C)(C)C)(OC)OC. The molecule has 32 heavy (non-hydrogen) atoms. The zero-order valence-electron chi connectivity index (χ0n) is 23.3. The predicted octanol–water partition coefficient (Wildman–Crippen LogP) is 7.09. The molecule has 0 fully saturated rings. The Morgan fingerprint density at radius 3 is 0.875 bits per heavy atom. The molecule has 0 aliphatic heterocycles. The van der Waals surface area contributed by atoms with Gasteiger partial charge in [0, 0.05) is 33.4 Å². The smallest absolute Gasteiger partial charge is 0.417 e. The molecule has 0 spiro atoms. The maximum absolute atomic E-state index is 6.77. The Kier molecular flexibility index (Phi) is 14.8. The second-order valence-electron chi connectivity index (χ2n) is 11.6. The summed E-state index contributed by atoms with van der Waals surface area (Å²) in [4.78, 5) is 0. The van der Waals surface area contributed by atoms with E-state index in [9.17, 15) is 0 Å². The maximum atomic E-state index is 6.77. The van der Waals surface area contributed by atoms with Crippen LogP contribution in [0.3, 0.4) is 0 Å². The normalized spacial score (nSPS) is 14.2. The van der Waals surface area contributed by atoms with E-state index in [0.29, 0.717) is 0 Å². The molecule has 0 aliphatic rings. The second-order valence-corrected chi connectivity index (χ2v) is 31.7. The minimum atomic E-state index is -2.67. The first-order valence-electron chi connectivity index (χ1n) is 12.3. The summed E-state index contributed by atoms with van der Waals surface area (Å²) in [5, 5.41) is 0. The Morgan fingerprint density at radius 1 is 0.375 bits per heavy atom. The molecule has 0 radical (unpaired) electrons. The standard InChI is InChI=1S/C21H54O6Si5/c1-22-31(23-2,24-3)20-18-16-14-13-15-17-19-21-32(25-28(4,5)6,26-29(7,8)9)27-30(10,11)12/h13-21H2,1-12H3. The summed E-state index contributed by atoms with van der Waals surface area (Å²) in [6.45, 7) is 20.3. The van der Waals surface area contributed by atoms with Crippen molar-refractivity contribution in [2.75, 3.05) is 21.3 Å². The Hall–Kier alpha value is 0.844. The zero-order chi connectivity index (χ0) is 25.1. The molecule has 194 valence electrons. The van der Waals surface area contributed by atoms with E-state index in [1.54, 1.807) is 21.3 Å². The van der Waals surface area contributed by atoms with Crippen LogP contribution in [0.4, 0.5) is 0 Å². The molecular weight excluding hydrogens is 489 g/mol. The van der Waals surface area contributed by atoms with Crippen LogP contribution in [0.15, 0.2) is 0 Å². The van der Waals surface area contributed by atoms with Crippen LogP contribution in [0, 0.1) is 0 Å². The predicted molar refractivity (Wildman–Crippen MR) is 148 cm³/mol. The van der Waals surface area contributed by atoms with Gasteiger partial charge in [-0.1, -0.05) is 32.1 Å². The summed E-state index contributed by atoms with van der Waals surface area (Å²) in [7, 11) is -5.35. The van der Waals surface area contributed by atoms with Crippen molar-refractivity contribution >= 4 is 42.6 Å². The number of unbranched alkanes of at least 4 members (excludes halogenated alkanes) is 6. The van der Waals surface area contributed by atoms with Crippen molar-refractivity contribution in [2.45, 2.75) is 116 Å². The largest absolute Gasteiger partial charge is 0.500 e. The molecule has 11 heteroatoms. The molecule has 0 aromatic rings. The lowest BCUT2D eigenvalue weighted by molar-refractivity contribution is 0.122. The number of hydrogen-bond acceptors (Lipinski definition) is 6. The molecule has 0 saturated heterocycles. The third kappa shape index (κ3) is 15.7. The van der Waals surface area contributed by atoms with Gasteiger partial charge in [-0.25, -0.2) is 0 Å².